The fraction of sp³-hybridized carbons (Fsp3) is 0.238. The zero-order valence-electron chi connectivity index (χ0n) is 16.3. The number of unbranched alkanes of at least 4 members (excludes halogenated alkanes) is 1. The van der Waals surface area contributed by atoms with Gasteiger partial charge in [-0.2, -0.15) is 0 Å². The lowest BCUT2D eigenvalue weighted by Gasteiger charge is -2.05. The second-order valence-corrected chi connectivity index (χ2v) is 6.37. The molecule has 0 aliphatic carbocycles. The maximum absolute atomic E-state index is 12.8. The van der Waals surface area contributed by atoms with E-state index >= 15 is 0 Å². The summed E-state index contributed by atoms with van der Waals surface area (Å²) in [6.45, 7) is 2.59. The lowest BCUT2D eigenvalue weighted by Crippen LogP contribution is -2.25. The van der Waals surface area contributed by atoms with E-state index in [1.807, 2.05) is 6.92 Å². The lowest BCUT2D eigenvalue weighted by molar-refractivity contribution is 0.0600. The topological polar surface area (TPSA) is 102 Å². The summed E-state index contributed by atoms with van der Waals surface area (Å²) in [6.07, 6.45) is 3.51. The molecule has 0 spiro atoms. The summed E-state index contributed by atoms with van der Waals surface area (Å²) in [5.41, 5.74) is 1.62. The minimum Gasteiger partial charge on any atom is -0.465 e. The Hall–Kier alpha value is -3.68. The number of imidazole rings is 1. The van der Waals surface area contributed by atoms with Crippen LogP contribution in [-0.4, -0.2) is 40.8 Å². The van der Waals surface area contributed by atoms with Crippen LogP contribution in [0.4, 0.5) is 5.69 Å². The van der Waals surface area contributed by atoms with E-state index in [4.69, 9.17) is 0 Å². The van der Waals surface area contributed by atoms with Gasteiger partial charge in [0, 0.05) is 18.4 Å². The van der Waals surface area contributed by atoms with Crippen molar-refractivity contribution in [3.05, 3.63) is 65.7 Å². The number of nitrogens with zero attached hydrogens (tertiary/aromatic N) is 2. The van der Waals surface area contributed by atoms with E-state index in [2.05, 4.69) is 20.4 Å². The van der Waals surface area contributed by atoms with E-state index in [-0.39, 0.29) is 17.4 Å². The van der Waals surface area contributed by atoms with Gasteiger partial charge in [-0.25, -0.2) is 9.78 Å². The van der Waals surface area contributed by atoms with Crippen molar-refractivity contribution in [1.82, 2.24) is 14.7 Å². The summed E-state index contributed by atoms with van der Waals surface area (Å²) in [5, 5.41) is 5.56. The van der Waals surface area contributed by atoms with E-state index in [0.29, 0.717) is 23.3 Å². The maximum Gasteiger partial charge on any atom is 0.337 e. The van der Waals surface area contributed by atoms with Gasteiger partial charge in [0.25, 0.3) is 11.8 Å². The van der Waals surface area contributed by atoms with E-state index < -0.39 is 11.9 Å². The van der Waals surface area contributed by atoms with Crippen LogP contribution in [0, 0.1) is 0 Å². The molecule has 0 bridgehead atoms. The fourth-order valence-corrected chi connectivity index (χ4v) is 2.82. The SMILES string of the molecule is CCCCNC(=O)c1nc(C(=O)Nc2ccc(C(=O)OC)cc2)n2ccccc12. The molecule has 2 aromatic heterocycles. The Morgan fingerprint density at radius 3 is 2.52 bits per heavy atom. The van der Waals surface area contributed by atoms with Crippen molar-refractivity contribution in [2.45, 2.75) is 19.8 Å². The van der Waals surface area contributed by atoms with E-state index in [9.17, 15) is 14.4 Å². The molecule has 0 unspecified atom stereocenters. The number of rotatable bonds is 7. The molecule has 29 heavy (non-hydrogen) atoms. The van der Waals surface area contributed by atoms with Crippen molar-refractivity contribution >= 4 is 29.0 Å². The van der Waals surface area contributed by atoms with Crippen LogP contribution in [0.25, 0.3) is 5.52 Å². The highest BCUT2D eigenvalue weighted by molar-refractivity contribution is 6.06. The molecule has 150 valence electrons. The number of fused-ring (bicyclic) bond motifs is 1. The molecule has 0 aliphatic rings. The number of pyridine rings is 1. The summed E-state index contributed by atoms with van der Waals surface area (Å²) in [6, 6.07) is 11.6. The Bertz CT molecular complexity index is 1040. The first-order valence-corrected chi connectivity index (χ1v) is 9.30. The highest BCUT2D eigenvalue weighted by Crippen LogP contribution is 2.16. The molecule has 3 rings (SSSR count). The first kappa shape index (κ1) is 20.1. The Morgan fingerprint density at radius 2 is 1.83 bits per heavy atom. The number of esters is 1. The van der Waals surface area contributed by atoms with Crippen molar-refractivity contribution in [3.8, 4) is 0 Å². The molecule has 0 saturated heterocycles. The predicted molar refractivity (Wildman–Crippen MR) is 108 cm³/mol. The Morgan fingerprint density at radius 1 is 1.07 bits per heavy atom. The maximum atomic E-state index is 12.8. The number of ether oxygens (including phenoxy) is 1. The van der Waals surface area contributed by atoms with Crippen molar-refractivity contribution < 1.29 is 19.1 Å². The van der Waals surface area contributed by atoms with Crippen molar-refractivity contribution in [2.75, 3.05) is 19.0 Å². The minimum atomic E-state index is -0.468. The predicted octanol–water partition coefficient (Wildman–Crippen LogP) is 2.90. The summed E-state index contributed by atoms with van der Waals surface area (Å²) >= 11 is 0. The molecule has 2 heterocycles. The molecule has 0 aliphatic heterocycles. The zero-order valence-corrected chi connectivity index (χ0v) is 16.3. The van der Waals surface area contributed by atoms with Gasteiger partial charge in [-0.1, -0.05) is 19.4 Å². The molecule has 8 heteroatoms. The third-order valence-electron chi connectivity index (χ3n) is 4.35. The summed E-state index contributed by atoms with van der Waals surface area (Å²) in [4.78, 5) is 41.1. The van der Waals surface area contributed by atoms with Crippen LogP contribution in [-0.2, 0) is 4.74 Å². The van der Waals surface area contributed by atoms with Gasteiger partial charge in [-0.15, -0.1) is 0 Å². The van der Waals surface area contributed by atoms with E-state index in [0.717, 1.165) is 12.8 Å². The van der Waals surface area contributed by atoms with Crippen LogP contribution in [0.15, 0.2) is 48.7 Å². The molecule has 0 saturated carbocycles. The number of amides is 2. The molecule has 0 atom stereocenters. The first-order chi connectivity index (χ1) is 14.0. The molecular formula is C21H22N4O4. The Balaban J connectivity index is 1.84. The second kappa shape index (κ2) is 9.01. The first-order valence-electron chi connectivity index (χ1n) is 9.30. The third kappa shape index (κ3) is 4.43. The van der Waals surface area contributed by atoms with Crippen LogP contribution in [0.3, 0.4) is 0 Å². The summed E-state index contributed by atoms with van der Waals surface area (Å²) in [7, 11) is 1.30. The summed E-state index contributed by atoms with van der Waals surface area (Å²) in [5.74, 6) is -1.15. The van der Waals surface area contributed by atoms with Crippen LogP contribution in [0.1, 0.15) is 51.2 Å². The molecule has 3 aromatic rings. The average molecular weight is 394 g/mol. The van der Waals surface area contributed by atoms with Gasteiger partial charge in [0.05, 0.1) is 18.2 Å². The number of methoxy groups -OCH3 is 1. The highest BCUT2D eigenvalue weighted by atomic mass is 16.5. The van der Waals surface area contributed by atoms with Crippen LogP contribution in [0.5, 0.6) is 0 Å². The highest BCUT2D eigenvalue weighted by Gasteiger charge is 2.21. The molecule has 2 amide bonds. The number of nitrogens with one attached hydrogen (secondary N) is 2. The van der Waals surface area contributed by atoms with Crippen molar-refractivity contribution in [2.24, 2.45) is 0 Å². The monoisotopic (exact) mass is 394 g/mol. The molecular weight excluding hydrogens is 372 g/mol. The largest absolute Gasteiger partial charge is 0.465 e. The van der Waals surface area contributed by atoms with Gasteiger partial charge in [0.15, 0.2) is 5.69 Å². The number of hydrogen-bond donors (Lipinski definition) is 2. The standard InChI is InChI=1S/C21H22N4O4/c1-3-4-12-22-19(26)17-16-7-5-6-13-25(16)18(24-17)20(27)23-15-10-8-14(9-11-15)21(28)29-2/h5-11,13H,3-4,12H2,1-2H3,(H,22,26)(H,23,27). The molecule has 0 fully saturated rings. The number of hydrogen-bond acceptors (Lipinski definition) is 5. The van der Waals surface area contributed by atoms with E-state index in [1.54, 1.807) is 53.1 Å². The molecule has 0 radical (unpaired) electrons. The minimum absolute atomic E-state index is 0.0956. The molecule has 8 nitrogen and oxygen atoms in total. The quantitative estimate of drug-likeness (QED) is 0.474. The normalized spacial score (nSPS) is 10.6. The van der Waals surface area contributed by atoms with Gasteiger partial charge in [0.2, 0.25) is 5.82 Å². The average Bonchev–Trinajstić information content (AvgIpc) is 3.14. The van der Waals surface area contributed by atoms with Gasteiger partial charge in [-0.3, -0.25) is 14.0 Å². The van der Waals surface area contributed by atoms with Crippen LogP contribution < -0.4 is 10.6 Å². The number of anilines is 1. The fourth-order valence-electron chi connectivity index (χ4n) is 2.82. The summed E-state index contributed by atoms with van der Waals surface area (Å²) < 4.78 is 6.23. The van der Waals surface area contributed by atoms with Crippen molar-refractivity contribution in [1.29, 1.82) is 0 Å². The third-order valence-corrected chi connectivity index (χ3v) is 4.35. The van der Waals surface area contributed by atoms with Gasteiger partial charge < -0.3 is 15.4 Å². The number of aromatic nitrogens is 2. The van der Waals surface area contributed by atoms with Crippen LogP contribution >= 0.6 is 0 Å². The molecule has 2 N–H and O–H groups in total. The Kier molecular flexibility index (Phi) is 6.23. The Labute approximate surface area is 167 Å². The number of carbonyl (C=O) groups is 3. The second-order valence-electron chi connectivity index (χ2n) is 6.37. The number of benzene rings is 1. The van der Waals surface area contributed by atoms with Gasteiger partial charge >= 0.3 is 5.97 Å². The number of carbonyl (C=O) groups excluding carboxylic acids is 3. The van der Waals surface area contributed by atoms with Gasteiger partial charge in [0.1, 0.15) is 0 Å². The van der Waals surface area contributed by atoms with Crippen molar-refractivity contribution in [3.63, 3.8) is 0 Å². The van der Waals surface area contributed by atoms with Crippen LogP contribution in [0.2, 0.25) is 0 Å². The zero-order chi connectivity index (χ0) is 20.8. The smallest absolute Gasteiger partial charge is 0.337 e. The molecule has 1 aromatic carbocycles. The van der Waals surface area contributed by atoms with E-state index in [1.165, 1.54) is 7.11 Å². The van der Waals surface area contributed by atoms with Gasteiger partial charge in [-0.05, 0) is 42.8 Å². The lowest BCUT2D eigenvalue weighted by atomic mass is 10.2.